The van der Waals surface area contributed by atoms with Crippen LogP contribution in [0.5, 0.6) is 0 Å². The third kappa shape index (κ3) is 4.92. The molecule has 0 spiro atoms. The van der Waals surface area contributed by atoms with Crippen molar-refractivity contribution in [3.8, 4) is 0 Å². The van der Waals surface area contributed by atoms with Crippen LogP contribution in [0.3, 0.4) is 0 Å². The zero-order valence-corrected chi connectivity index (χ0v) is 13.6. The first-order chi connectivity index (χ1) is 9.05. The lowest BCUT2D eigenvalue weighted by atomic mass is 9.76. The summed E-state index contributed by atoms with van der Waals surface area (Å²) in [6.45, 7) is 8.35. The van der Waals surface area contributed by atoms with Crippen LogP contribution in [0.2, 0.25) is 0 Å². The van der Waals surface area contributed by atoms with Crippen molar-refractivity contribution in [3.63, 3.8) is 0 Å². The van der Waals surface area contributed by atoms with Gasteiger partial charge in [0.25, 0.3) is 0 Å². The molecule has 2 atom stereocenters. The maximum atomic E-state index is 3.78. The minimum atomic E-state index is 0.492. The van der Waals surface area contributed by atoms with Crippen LogP contribution in [-0.4, -0.2) is 12.6 Å². The van der Waals surface area contributed by atoms with Crippen LogP contribution in [0.15, 0.2) is 16.8 Å². The van der Waals surface area contributed by atoms with Crippen molar-refractivity contribution in [1.82, 2.24) is 5.32 Å². The van der Waals surface area contributed by atoms with Crippen molar-refractivity contribution >= 4 is 11.3 Å². The van der Waals surface area contributed by atoms with Crippen LogP contribution < -0.4 is 5.32 Å². The molecule has 0 radical (unpaired) electrons. The summed E-state index contributed by atoms with van der Waals surface area (Å²) < 4.78 is 0. The van der Waals surface area contributed by atoms with Crippen molar-refractivity contribution in [2.45, 2.75) is 65.3 Å². The van der Waals surface area contributed by atoms with Crippen molar-refractivity contribution in [2.75, 3.05) is 6.54 Å². The molecule has 0 saturated heterocycles. The number of hydrogen-bond donors (Lipinski definition) is 1. The maximum Gasteiger partial charge on any atom is 0.00672 e. The summed E-state index contributed by atoms with van der Waals surface area (Å²) in [5, 5.41) is 8.22. The van der Waals surface area contributed by atoms with Gasteiger partial charge in [0.05, 0.1) is 0 Å². The van der Waals surface area contributed by atoms with E-state index in [0.717, 1.165) is 18.5 Å². The molecule has 1 fully saturated rings. The number of hydrogen-bond acceptors (Lipinski definition) is 2. The van der Waals surface area contributed by atoms with Crippen molar-refractivity contribution in [3.05, 3.63) is 22.4 Å². The van der Waals surface area contributed by atoms with E-state index in [1.54, 1.807) is 11.3 Å². The van der Waals surface area contributed by atoms with Crippen molar-refractivity contribution < 1.29 is 0 Å². The summed E-state index contributed by atoms with van der Waals surface area (Å²) in [4.78, 5) is 0. The topological polar surface area (TPSA) is 12.0 Å². The van der Waals surface area contributed by atoms with Crippen LogP contribution >= 0.6 is 11.3 Å². The summed E-state index contributed by atoms with van der Waals surface area (Å²) in [6, 6.07) is 3.00. The van der Waals surface area contributed by atoms with Gasteiger partial charge in [-0.2, -0.15) is 11.3 Å². The minimum Gasteiger partial charge on any atom is -0.314 e. The van der Waals surface area contributed by atoms with Gasteiger partial charge in [-0.05, 0) is 72.4 Å². The highest BCUT2D eigenvalue weighted by molar-refractivity contribution is 7.07. The SMILES string of the molecule is CC(C)(C)C1CCCC(NCCc2ccsc2)CC1. The molecule has 1 saturated carbocycles. The van der Waals surface area contributed by atoms with Gasteiger partial charge in [-0.1, -0.05) is 27.2 Å². The van der Waals surface area contributed by atoms with E-state index in [4.69, 9.17) is 0 Å². The molecule has 2 rings (SSSR count). The Morgan fingerprint density at radius 2 is 2.05 bits per heavy atom. The Kier molecular flexibility index (Phi) is 5.47. The Bertz CT molecular complexity index is 350. The summed E-state index contributed by atoms with van der Waals surface area (Å²) >= 11 is 1.80. The van der Waals surface area contributed by atoms with Gasteiger partial charge in [-0.25, -0.2) is 0 Å². The number of rotatable bonds is 4. The van der Waals surface area contributed by atoms with E-state index in [1.165, 1.54) is 44.1 Å². The van der Waals surface area contributed by atoms with Gasteiger partial charge in [-0.15, -0.1) is 0 Å². The molecule has 1 heterocycles. The molecule has 1 nitrogen and oxygen atoms in total. The second-order valence-electron chi connectivity index (χ2n) is 7.10. The molecule has 1 aromatic rings. The van der Waals surface area contributed by atoms with Gasteiger partial charge < -0.3 is 5.32 Å². The first-order valence-electron chi connectivity index (χ1n) is 7.80. The van der Waals surface area contributed by atoms with E-state index in [0.29, 0.717) is 5.41 Å². The second kappa shape index (κ2) is 6.90. The number of nitrogens with one attached hydrogen (secondary N) is 1. The van der Waals surface area contributed by atoms with E-state index in [9.17, 15) is 0 Å². The van der Waals surface area contributed by atoms with Crippen LogP contribution in [0, 0.1) is 11.3 Å². The highest BCUT2D eigenvalue weighted by Crippen LogP contribution is 2.36. The van der Waals surface area contributed by atoms with E-state index < -0.39 is 0 Å². The molecule has 1 aliphatic carbocycles. The normalized spacial score (nSPS) is 25.2. The fraction of sp³-hybridized carbons (Fsp3) is 0.765. The summed E-state index contributed by atoms with van der Waals surface area (Å²) in [6.07, 6.45) is 8.15. The van der Waals surface area contributed by atoms with Gasteiger partial charge in [0.15, 0.2) is 0 Å². The van der Waals surface area contributed by atoms with Crippen LogP contribution in [0.1, 0.15) is 58.4 Å². The van der Waals surface area contributed by atoms with E-state index in [2.05, 4.69) is 42.9 Å². The Labute approximate surface area is 122 Å². The molecule has 0 bridgehead atoms. The molecule has 1 N–H and O–H groups in total. The first kappa shape index (κ1) is 15.1. The van der Waals surface area contributed by atoms with Crippen LogP contribution in [0.25, 0.3) is 0 Å². The molecule has 2 unspecified atom stereocenters. The lowest BCUT2D eigenvalue weighted by Gasteiger charge is -2.29. The van der Waals surface area contributed by atoms with Crippen LogP contribution in [-0.2, 0) is 6.42 Å². The highest BCUT2D eigenvalue weighted by Gasteiger charge is 2.27. The van der Waals surface area contributed by atoms with Gasteiger partial charge in [-0.3, -0.25) is 0 Å². The quantitative estimate of drug-likeness (QED) is 0.775. The molecule has 108 valence electrons. The fourth-order valence-electron chi connectivity index (χ4n) is 3.23. The predicted octanol–water partition coefficient (Wildman–Crippen LogP) is 4.88. The van der Waals surface area contributed by atoms with E-state index >= 15 is 0 Å². The molecule has 0 aliphatic heterocycles. The first-order valence-corrected chi connectivity index (χ1v) is 8.74. The average Bonchev–Trinajstić information content (AvgIpc) is 2.72. The fourth-order valence-corrected chi connectivity index (χ4v) is 3.93. The molecule has 2 heteroatoms. The molecule has 0 amide bonds. The molecule has 1 aromatic heterocycles. The van der Waals surface area contributed by atoms with Crippen LogP contribution in [0.4, 0.5) is 0 Å². The summed E-state index contributed by atoms with van der Waals surface area (Å²) in [7, 11) is 0. The monoisotopic (exact) mass is 279 g/mol. The van der Waals surface area contributed by atoms with Gasteiger partial charge in [0.1, 0.15) is 0 Å². The molecular formula is C17H29NS. The third-order valence-corrected chi connectivity index (χ3v) is 5.35. The molecule has 19 heavy (non-hydrogen) atoms. The Morgan fingerprint density at radius 1 is 1.21 bits per heavy atom. The van der Waals surface area contributed by atoms with Gasteiger partial charge in [0.2, 0.25) is 0 Å². The Hall–Kier alpha value is -0.340. The highest BCUT2D eigenvalue weighted by atomic mass is 32.1. The van der Waals surface area contributed by atoms with E-state index in [1.807, 2.05) is 0 Å². The maximum absolute atomic E-state index is 3.78. The minimum absolute atomic E-state index is 0.492. The van der Waals surface area contributed by atoms with E-state index in [-0.39, 0.29) is 0 Å². The lowest BCUT2D eigenvalue weighted by molar-refractivity contribution is 0.213. The predicted molar refractivity (Wildman–Crippen MR) is 85.8 cm³/mol. The van der Waals surface area contributed by atoms with Gasteiger partial charge >= 0.3 is 0 Å². The summed E-state index contributed by atoms with van der Waals surface area (Å²) in [5.41, 5.74) is 1.98. The standard InChI is InChI=1S/C17H29NS/c1-17(2,3)15-5-4-6-16(8-7-15)18-11-9-14-10-12-19-13-14/h10,12-13,15-16,18H,4-9,11H2,1-3H3. The Morgan fingerprint density at radius 3 is 2.74 bits per heavy atom. The molecule has 1 aliphatic rings. The van der Waals surface area contributed by atoms with Crippen molar-refractivity contribution in [2.24, 2.45) is 11.3 Å². The second-order valence-corrected chi connectivity index (χ2v) is 7.88. The molecule has 0 aromatic carbocycles. The zero-order valence-electron chi connectivity index (χ0n) is 12.7. The zero-order chi connectivity index (χ0) is 13.7. The Balaban J connectivity index is 1.71. The average molecular weight is 279 g/mol. The molecular weight excluding hydrogens is 250 g/mol. The summed E-state index contributed by atoms with van der Waals surface area (Å²) in [5.74, 6) is 0.913. The lowest BCUT2D eigenvalue weighted by Crippen LogP contribution is -2.30. The smallest absolute Gasteiger partial charge is 0.00672 e. The van der Waals surface area contributed by atoms with Gasteiger partial charge in [0, 0.05) is 6.04 Å². The largest absolute Gasteiger partial charge is 0.314 e. The number of thiophene rings is 1. The third-order valence-electron chi connectivity index (χ3n) is 4.62. The van der Waals surface area contributed by atoms with Crippen molar-refractivity contribution in [1.29, 1.82) is 0 Å².